The van der Waals surface area contributed by atoms with E-state index in [0.29, 0.717) is 11.3 Å². The first-order valence-electron chi connectivity index (χ1n) is 12.3. The van der Waals surface area contributed by atoms with Gasteiger partial charge in [-0.1, -0.05) is 6.92 Å². The maximum atomic E-state index is 12.7. The summed E-state index contributed by atoms with van der Waals surface area (Å²) >= 11 is 0. The molecule has 1 aromatic carbocycles. The number of fused-ring (bicyclic) bond motifs is 1. The summed E-state index contributed by atoms with van der Waals surface area (Å²) in [5.74, 6) is -0.0625. The van der Waals surface area contributed by atoms with Gasteiger partial charge in [0, 0.05) is 43.5 Å². The number of nitrogens with zero attached hydrogens (tertiary/aromatic N) is 3. The number of hydrogen-bond acceptors (Lipinski definition) is 5. The SMILES string of the molecule is CC[C@@H](CN1CC(C)OC(C)C1)n1cc(C)c2nc(-c3ccc(OC(F)(F)F)cc3OC)c(C)cc21. The molecule has 6 nitrogen and oxygen atoms in total. The summed E-state index contributed by atoms with van der Waals surface area (Å²) in [5.41, 5.74) is 5.16. The second kappa shape index (κ2) is 10.3. The number of benzene rings is 1. The molecule has 0 amide bonds. The highest BCUT2D eigenvalue weighted by molar-refractivity contribution is 5.85. The number of aromatic nitrogens is 2. The lowest BCUT2D eigenvalue weighted by molar-refractivity contribution is -0.274. The molecule has 9 heteroatoms. The summed E-state index contributed by atoms with van der Waals surface area (Å²) in [4.78, 5) is 7.44. The van der Waals surface area contributed by atoms with Crippen LogP contribution in [0.25, 0.3) is 22.3 Å². The van der Waals surface area contributed by atoms with E-state index in [1.165, 1.54) is 19.2 Å². The number of methoxy groups -OCH3 is 1. The highest BCUT2D eigenvalue weighted by atomic mass is 19.4. The van der Waals surface area contributed by atoms with Crippen LogP contribution in [-0.4, -0.2) is 59.8 Å². The third-order valence-corrected chi connectivity index (χ3v) is 6.67. The summed E-state index contributed by atoms with van der Waals surface area (Å²) in [5, 5.41) is 0. The average Bonchev–Trinajstić information content (AvgIpc) is 3.10. The third-order valence-electron chi connectivity index (χ3n) is 6.67. The second-order valence-electron chi connectivity index (χ2n) is 9.69. The first-order chi connectivity index (χ1) is 17.0. The fraction of sp³-hybridized carbons (Fsp3) is 0.519. The van der Waals surface area contributed by atoms with E-state index >= 15 is 0 Å². The van der Waals surface area contributed by atoms with Gasteiger partial charge in [-0.2, -0.15) is 0 Å². The van der Waals surface area contributed by atoms with Gasteiger partial charge in [0.1, 0.15) is 11.5 Å². The molecule has 36 heavy (non-hydrogen) atoms. The number of pyridine rings is 1. The number of halogens is 3. The molecule has 196 valence electrons. The standard InChI is InChI=1S/C27H34F3N3O3/c1-7-20(15-32-13-18(4)35-19(5)14-32)33-12-17(3)26-23(33)10-16(2)25(31-26)22-9-8-21(11-24(22)34-6)36-27(28,29)30/h8-12,18-20H,7,13-15H2,1-6H3/t18?,19?,20-/m0/s1. The largest absolute Gasteiger partial charge is 0.573 e. The van der Waals surface area contributed by atoms with Crippen LogP contribution < -0.4 is 9.47 Å². The molecule has 1 saturated heterocycles. The Balaban J connectivity index is 1.70. The molecule has 1 fully saturated rings. The maximum absolute atomic E-state index is 12.7. The summed E-state index contributed by atoms with van der Waals surface area (Å²) in [6, 6.07) is 6.47. The molecule has 0 spiro atoms. The Kier molecular flexibility index (Phi) is 7.52. The molecule has 0 aliphatic carbocycles. The van der Waals surface area contributed by atoms with Gasteiger partial charge in [0.05, 0.1) is 36.0 Å². The second-order valence-corrected chi connectivity index (χ2v) is 9.69. The van der Waals surface area contributed by atoms with Crippen LogP contribution in [-0.2, 0) is 4.74 Å². The minimum atomic E-state index is -4.77. The molecule has 1 aliphatic heterocycles. The first-order valence-corrected chi connectivity index (χ1v) is 12.3. The van der Waals surface area contributed by atoms with Crippen molar-refractivity contribution in [2.45, 2.75) is 65.7 Å². The normalized spacial score (nSPS) is 20.0. The molecule has 1 aliphatic rings. The van der Waals surface area contributed by atoms with Crippen LogP contribution in [0.15, 0.2) is 30.5 Å². The summed E-state index contributed by atoms with van der Waals surface area (Å²) in [6.07, 6.45) is -1.22. The van der Waals surface area contributed by atoms with Gasteiger partial charge in [-0.25, -0.2) is 4.98 Å². The molecule has 4 rings (SSSR count). The Bertz CT molecular complexity index is 1210. The van der Waals surface area contributed by atoms with E-state index in [-0.39, 0.29) is 29.7 Å². The molecule has 0 N–H and O–H groups in total. The molecular weight excluding hydrogens is 471 g/mol. The smallest absolute Gasteiger partial charge is 0.496 e. The Morgan fingerprint density at radius 3 is 2.42 bits per heavy atom. The van der Waals surface area contributed by atoms with Crippen molar-refractivity contribution in [3.63, 3.8) is 0 Å². The van der Waals surface area contributed by atoms with Crippen molar-refractivity contribution in [1.29, 1.82) is 0 Å². The van der Waals surface area contributed by atoms with Gasteiger partial charge in [0.2, 0.25) is 0 Å². The van der Waals surface area contributed by atoms with Gasteiger partial charge in [0.15, 0.2) is 0 Å². The number of hydrogen-bond donors (Lipinski definition) is 0. The van der Waals surface area contributed by atoms with E-state index < -0.39 is 6.36 Å². The zero-order valence-electron chi connectivity index (χ0n) is 21.6. The molecule has 3 atom stereocenters. The van der Waals surface area contributed by atoms with Gasteiger partial charge in [-0.15, -0.1) is 13.2 Å². The fourth-order valence-electron chi connectivity index (χ4n) is 5.21. The number of alkyl halides is 3. The maximum Gasteiger partial charge on any atom is 0.573 e. The highest BCUT2D eigenvalue weighted by Gasteiger charge is 2.31. The van der Waals surface area contributed by atoms with E-state index in [4.69, 9.17) is 14.5 Å². The Morgan fingerprint density at radius 1 is 1.11 bits per heavy atom. The molecule has 0 saturated carbocycles. The van der Waals surface area contributed by atoms with E-state index in [0.717, 1.165) is 48.2 Å². The van der Waals surface area contributed by atoms with Crippen LogP contribution in [0.1, 0.15) is 44.4 Å². The van der Waals surface area contributed by atoms with Gasteiger partial charge < -0.3 is 18.8 Å². The van der Waals surface area contributed by atoms with E-state index in [2.05, 4.69) is 47.2 Å². The van der Waals surface area contributed by atoms with Gasteiger partial charge in [-0.3, -0.25) is 4.90 Å². The molecule has 0 bridgehead atoms. The predicted molar refractivity (Wildman–Crippen MR) is 134 cm³/mol. The van der Waals surface area contributed by atoms with Crippen LogP contribution in [0, 0.1) is 13.8 Å². The zero-order valence-corrected chi connectivity index (χ0v) is 21.6. The third kappa shape index (κ3) is 5.62. The monoisotopic (exact) mass is 505 g/mol. The molecule has 0 radical (unpaired) electrons. The van der Waals surface area contributed by atoms with Crippen molar-refractivity contribution in [2.75, 3.05) is 26.7 Å². The van der Waals surface area contributed by atoms with Gasteiger partial charge in [-0.05, 0) is 63.4 Å². The lowest BCUT2D eigenvalue weighted by Crippen LogP contribution is -2.47. The average molecular weight is 506 g/mol. The minimum absolute atomic E-state index is 0.212. The number of morpholine rings is 1. The van der Waals surface area contributed by atoms with Crippen LogP contribution in [0.5, 0.6) is 11.5 Å². The molecular formula is C27H34F3N3O3. The fourth-order valence-corrected chi connectivity index (χ4v) is 5.21. The van der Waals surface area contributed by atoms with Crippen LogP contribution in [0.3, 0.4) is 0 Å². The molecule has 2 unspecified atom stereocenters. The van der Waals surface area contributed by atoms with Gasteiger partial charge in [0.25, 0.3) is 0 Å². The molecule has 3 heterocycles. The van der Waals surface area contributed by atoms with E-state index in [9.17, 15) is 13.2 Å². The van der Waals surface area contributed by atoms with Crippen molar-refractivity contribution in [2.24, 2.45) is 0 Å². The quantitative estimate of drug-likeness (QED) is 0.378. The first kappa shape index (κ1) is 26.3. The Morgan fingerprint density at radius 2 is 1.81 bits per heavy atom. The van der Waals surface area contributed by atoms with Crippen LogP contribution >= 0.6 is 0 Å². The van der Waals surface area contributed by atoms with Crippen molar-refractivity contribution in [3.8, 4) is 22.8 Å². The van der Waals surface area contributed by atoms with E-state index in [1.54, 1.807) is 6.07 Å². The Hall–Kier alpha value is -2.78. The van der Waals surface area contributed by atoms with Crippen molar-refractivity contribution in [1.82, 2.24) is 14.5 Å². The Labute approximate surface area is 210 Å². The lowest BCUT2D eigenvalue weighted by atomic mass is 10.0. The molecule has 2 aromatic heterocycles. The van der Waals surface area contributed by atoms with Gasteiger partial charge >= 0.3 is 6.36 Å². The van der Waals surface area contributed by atoms with Crippen molar-refractivity contribution >= 4 is 11.0 Å². The summed E-state index contributed by atoms with van der Waals surface area (Å²) < 4.78 is 55.7. The minimum Gasteiger partial charge on any atom is -0.496 e. The summed E-state index contributed by atoms with van der Waals surface area (Å²) in [7, 11) is 1.42. The topological polar surface area (TPSA) is 48.8 Å². The number of ether oxygens (including phenoxy) is 3. The van der Waals surface area contributed by atoms with E-state index in [1.807, 2.05) is 13.8 Å². The summed E-state index contributed by atoms with van der Waals surface area (Å²) in [6.45, 7) is 13.2. The van der Waals surface area contributed by atoms with Crippen LogP contribution in [0.4, 0.5) is 13.2 Å². The lowest BCUT2D eigenvalue weighted by Gasteiger charge is -2.37. The number of aryl methyl sites for hydroxylation is 2. The van der Waals surface area contributed by atoms with Crippen LogP contribution in [0.2, 0.25) is 0 Å². The highest BCUT2D eigenvalue weighted by Crippen LogP contribution is 2.38. The molecule has 3 aromatic rings. The van der Waals surface area contributed by atoms with Crippen molar-refractivity contribution in [3.05, 3.63) is 41.6 Å². The predicted octanol–water partition coefficient (Wildman–Crippen LogP) is 6.29. The van der Waals surface area contributed by atoms with Crippen molar-refractivity contribution < 1.29 is 27.4 Å². The zero-order chi connectivity index (χ0) is 26.2. The number of rotatable bonds is 7.